The van der Waals surface area contributed by atoms with Crippen molar-refractivity contribution in [1.82, 2.24) is 0 Å². The molecule has 0 radical (unpaired) electrons. The number of carbonyl (C=O) groups is 2. The van der Waals surface area contributed by atoms with Gasteiger partial charge in [-0.3, -0.25) is 4.79 Å². The molecule has 2 aromatic carbocycles. The van der Waals surface area contributed by atoms with Crippen molar-refractivity contribution in [3.05, 3.63) is 53.1 Å². The maximum Gasteiger partial charge on any atom is 0.338 e. The molecule has 0 aliphatic heterocycles. The molecule has 1 atom stereocenters. The van der Waals surface area contributed by atoms with Crippen molar-refractivity contribution < 1.29 is 23.8 Å². The molecule has 2 aromatic rings. The zero-order valence-corrected chi connectivity index (χ0v) is 16.2. The first-order chi connectivity index (χ1) is 13.0. The largest absolute Gasteiger partial charge is 0.497 e. The van der Waals surface area contributed by atoms with Crippen LogP contribution in [0.25, 0.3) is 0 Å². The van der Waals surface area contributed by atoms with Crippen LogP contribution in [-0.4, -0.2) is 31.7 Å². The highest BCUT2D eigenvalue weighted by molar-refractivity contribution is 6.34. The van der Waals surface area contributed by atoms with E-state index in [1.165, 1.54) is 6.07 Å². The Morgan fingerprint density at radius 3 is 2.30 bits per heavy atom. The van der Waals surface area contributed by atoms with Gasteiger partial charge in [-0.1, -0.05) is 18.5 Å². The third-order valence-electron chi connectivity index (χ3n) is 3.74. The minimum Gasteiger partial charge on any atom is -0.497 e. The zero-order chi connectivity index (χ0) is 19.8. The van der Waals surface area contributed by atoms with Crippen LogP contribution in [0.3, 0.4) is 0 Å². The third-order valence-corrected chi connectivity index (χ3v) is 4.05. The van der Waals surface area contributed by atoms with Gasteiger partial charge in [0.1, 0.15) is 11.5 Å². The fourth-order valence-electron chi connectivity index (χ4n) is 2.31. The number of hydrogen-bond acceptors (Lipinski definition) is 5. The van der Waals surface area contributed by atoms with E-state index in [1.807, 2.05) is 6.92 Å². The molecule has 0 heterocycles. The van der Waals surface area contributed by atoms with Crippen molar-refractivity contribution in [3.63, 3.8) is 0 Å². The van der Waals surface area contributed by atoms with Crippen LogP contribution >= 0.6 is 11.6 Å². The number of nitrogens with one attached hydrogen (secondary N) is 1. The minimum atomic E-state index is -0.695. The summed E-state index contributed by atoms with van der Waals surface area (Å²) < 4.78 is 15.8. The fourth-order valence-corrected chi connectivity index (χ4v) is 2.54. The number of benzene rings is 2. The lowest BCUT2D eigenvalue weighted by Crippen LogP contribution is -2.32. The van der Waals surface area contributed by atoms with Gasteiger partial charge in [0.05, 0.1) is 30.0 Å². The highest BCUT2D eigenvalue weighted by Crippen LogP contribution is 2.25. The predicted octanol–water partition coefficient (Wildman–Crippen LogP) is 4.32. The number of amides is 1. The van der Waals surface area contributed by atoms with Crippen LogP contribution in [-0.2, 0) is 9.53 Å². The maximum atomic E-state index is 12.5. The lowest BCUT2D eigenvalue weighted by Gasteiger charge is -2.18. The highest BCUT2D eigenvalue weighted by atomic mass is 35.5. The number of hydrogen-bond donors (Lipinski definition) is 1. The number of halogens is 1. The van der Waals surface area contributed by atoms with Gasteiger partial charge in [-0.25, -0.2) is 4.79 Å². The number of rotatable bonds is 8. The van der Waals surface area contributed by atoms with Crippen molar-refractivity contribution in [2.24, 2.45) is 0 Å². The van der Waals surface area contributed by atoms with Crippen molar-refractivity contribution in [2.45, 2.75) is 26.4 Å². The summed E-state index contributed by atoms with van der Waals surface area (Å²) in [6.45, 7) is 3.84. The Hall–Kier alpha value is -2.73. The Balaban J connectivity index is 2.06. The summed E-state index contributed by atoms with van der Waals surface area (Å²) >= 11 is 6.18. The smallest absolute Gasteiger partial charge is 0.338 e. The summed E-state index contributed by atoms with van der Waals surface area (Å²) in [6, 6.07) is 11.5. The van der Waals surface area contributed by atoms with E-state index in [1.54, 1.807) is 50.4 Å². The van der Waals surface area contributed by atoms with Gasteiger partial charge in [-0.15, -0.1) is 0 Å². The molecule has 27 heavy (non-hydrogen) atoms. The predicted molar refractivity (Wildman–Crippen MR) is 104 cm³/mol. The van der Waals surface area contributed by atoms with Gasteiger partial charge >= 0.3 is 5.97 Å². The van der Waals surface area contributed by atoms with Gasteiger partial charge in [0, 0.05) is 0 Å². The molecule has 0 saturated carbocycles. The standard InChI is InChI=1S/C20H22ClNO5/c1-4-18(27-15-9-7-14(25-3)8-10-15)19(23)22-17-11-6-13(12-16(17)21)20(24)26-5-2/h6-12,18H,4-5H2,1-3H3,(H,22,23)/t18-/m0/s1. The molecule has 0 bridgehead atoms. The second-order valence-corrected chi connectivity index (χ2v) is 6.00. The molecule has 0 saturated heterocycles. The average Bonchev–Trinajstić information content (AvgIpc) is 2.68. The Kier molecular flexibility index (Phi) is 7.49. The molecule has 0 aliphatic carbocycles. The number of methoxy groups -OCH3 is 1. The molecule has 0 fully saturated rings. The molecule has 0 aliphatic rings. The summed E-state index contributed by atoms with van der Waals surface area (Å²) in [5, 5.41) is 2.97. The van der Waals surface area contributed by atoms with Crippen molar-refractivity contribution in [1.29, 1.82) is 0 Å². The lowest BCUT2D eigenvalue weighted by molar-refractivity contribution is -0.122. The minimum absolute atomic E-state index is 0.244. The molecule has 6 nitrogen and oxygen atoms in total. The van der Waals surface area contributed by atoms with E-state index < -0.39 is 12.1 Å². The first-order valence-corrected chi connectivity index (χ1v) is 8.94. The quantitative estimate of drug-likeness (QED) is 0.678. The summed E-state index contributed by atoms with van der Waals surface area (Å²) in [4.78, 5) is 24.3. The topological polar surface area (TPSA) is 73.9 Å². The summed E-state index contributed by atoms with van der Waals surface area (Å²) in [5.74, 6) is 0.459. The summed E-state index contributed by atoms with van der Waals surface area (Å²) in [5.41, 5.74) is 0.716. The van der Waals surface area contributed by atoms with E-state index in [2.05, 4.69) is 5.32 Å². The molecule has 0 aromatic heterocycles. The van der Waals surface area contributed by atoms with Crippen LogP contribution in [0.5, 0.6) is 11.5 Å². The molecular weight excluding hydrogens is 370 g/mol. The number of carbonyl (C=O) groups excluding carboxylic acids is 2. The van der Waals surface area contributed by atoms with Gasteiger partial charge in [0.2, 0.25) is 0 Å². The Bertz CT molecular complexity index is 791. The number of anilines is 1. The monoisotopic (exact) mass is 391 g/mol. The van der Waals surface area contributed by atoms with Gasteiger partial charge in [-0.05, 0) is 55.8 Å². The van der Waals surface area contributed by atoms with Crippen molar-refractivity contribution in [2.75, 3.05) is 19.0 Å². The van der Waals surface area contributed by atoms with E-state index >= 15 is 0 Å². The van der Waals surface area contributed by atoms with E-state index in [0.29, 0.717) is 29.2 Å². The Labute approximate surface area is 163 Å². The molecular formula is C20H22ClNO5. The maximum absolute atomic E-state index is 12.5. The molecule has 0 unspecified atom stereocenters. The summed E-state index contributed by atoms with van der Waals surface area (Å²) in [6.07, 6.45) is -0.227. The van der Waals surface area contributed by atoms with Crippen LogP contribution in [0.15, 0.2) is 42.5 Å². The first-order valence-electron chi connectivity index (χ1n) is 8.56. The fraction of sp³-hybridized carbons (Fsp3) is 0.300. The normalized spacial score (nSPS) is 11.4. The molecule has 144 valence electrons. The van der Waals surface area contributed by atoms with Crippen LogP contribution in [0.4, 0.5) is 5.69 Å². The van der Waals surface area contributed by atoms with Crippen LogP contribution < -0.4 is 14.8 Å². The van der Waals surface area contributed by atoms with Crippen LogP contribution in [0, 0.1) is 0 Å². The van der Waals surface area contributed by atoms with Gasteiger partial charge < -0.3 is 19.5 Å². The van der Waals surface area contributed by atoms with Gasteiger partial charge in [0.25, 0.3) is 5.91 Å². The van der Waals surface area contributed by atoms with Gasteiger partial charge in [0.15, 0.2) is 6.10 Å². The molecule has 0 spiro atoms. The molecule has 1 N–H and O–H groups in total. The number of esters is 1. The third kappa shape index (κ3) is 5.62. The molecule has 1 amide bonds. The molecule has 7 heteroatoms. The molecule has 2 rings (SSSR count). The van der Waals surface area contributed by atoms with Crippen molar-refractivity contribution in [3.8, 4) is 11.5 Å². The first kappa shape index (κ1) is 20.6. The van der Waals surface area contributed by atoms with Crippen molar-refractivity contribution >= 4 is 29.2 Å². The average molecular weight is 392 g/mol. The second kappa shape index (κ2) is 9.83. The summed E-state index contributed by atoms with van der Waals surface area (Å²) in [7, 11) is 1.58. The van der Waals surface area contributed by atoms with E-state index in [0.717, 1.165) is 0 Å². The Morgan fingerprint density at radius 2 is 1.74 bits per heavy atom. The lowest BCUT2D eigenvalue weighted by atomic mass is 10.2. The van der Waals surface area contributed by atoms with E-state index in [4.69, 9.17) is 25.8 Å². The zero-order valence-electron chi connectivity index (χ0n) is 15.5. The van der Waals surface area contributed by atoms with E-state index in [9.17, 15) is 9.59 Å². The number of ether oxygens (including phenoxy) is 3. The van der Waals surface area contributed by atoms with Gasteiger partial charge in [-0.2, -0.15) is 0 Å². The second-order valence-electron chi connectivity index (χ2n) is 5.59. The Morgan fingerprint density at radius 1 is 1.07 bits per heavy atom. The SMILES string of the molecule is CCOC(=O)c1ccc(NC(=O)[C@H](CC)Oc2ccc(OC)cc2)c(Cl)c1. The van der Waals surface area contributed by atoms with Crippen LogP contribution in [0.2, 0.25) is 5.02 Å². The highest BCUT2D eigenvalue weighted by Gasteiger charge is 2.20. The van der Waals surface area contributed by atoms with Crippen LogP contribution in [0.1, 0.15) is 30.6 Å². The van der Waals surface area contributed by atoms with E-state index in [-0.39, 0.29) is 17.5 Å².